The van der Waals surface area contributed by atoms with Gasteiger partial charge in [-0.1, -0.05) is 48.5 Å². The summed E-state index contributed by atoms with van der Waals surface area (Å²) >= 11 is 0. The molecular formula is C23H19F3N2O3. The summed E-state index contributed by atoms with van der Waals surface area (Å²) in [6, 6.07) is 15.7. The number of anilines is 1. The van der Waals surface area contributed by atoms with Crippen LogP contribution < -0.4 is 5.32 Å². The number of nitrogens with zero attached hydrogens (tertiary/aromatic N) is 1. The summed E-state index contributed by atoms with van der Waals surface area (Å²) < 4.78 is 41.6. The van der Waals surface area contributed by atoms with Gasteiger partial charge in [-0.15, -0.1) is 0 Å². The predicted octanol–water partition coefficient (Wildman–Crippen LogP) is 6.16. The van der Waals surface area contributed by atoms with E-state index in [1.54, 1.807) is 32.0 Å². The van der Waals surface area contributed by atoms with Gasteiger partial charge in [-0.25, -0.2) is 0 Å². The summed E-state index contributed by atoms with van der Waals surface area (Å²) in [6.45, 7) is 3.22. The van der Waals surface area contributed by atoms with Crippen LogP contribution >= 0.6 is 0 Å². The molecule has 0 saturated carbocycles. The fraction of sp³-hybridized carbons (Fsp3) is 0.174. The van der Waals surface area contributed by atoms with Crippen molar-refractivity contribution in [1.82, 2.24) is 0 Å². The van der Waals surface area contributed by atoms with Crippen molar-refractivity contribution in [1.29, 1.82) is 0 Å². The highest BCUT2D eigenvalue weighted by atomic mass is 19.4. The molecule has 1 amide bonds. The smallest absolute Gasteiger partial charge is 0.321 e. The van der Waals surface area contributed by atoms with Crippen molar-refractivity contribution < 1.29 is 22.9 Å². The minimum absolute atomic E-state index is 0.0713. The minimum Gasteiger partial charge on any atom is -0.321 e. The van der Waals surface area contributed by atoms with E-state index in [1.165, 1.54) is 42.5 Å². The van der Waals surface area contributed by atoms with Crippen molar-refractivity contribution >= 4 is 17.3 Å². The molecule has 3 aromatic rings. The van der Waals surface area contributed by atoms with Crippen molar-refractivity contribution in [3.63, 3.8) is 0 Å². The summed E-state index contributed by atoms with van der Waals surface area (Å²) in [4.78, 5) is 22.9. The van der Waals surface area contributed by atoms with E-state index >= 15 is 0 Å². The molecule has 8 heteroatoms. The van der Waals surface area contributed by atoms with E-state index in [-0.39, 0.29) is 22.4 Å². The molecule has 1 unspecified atom stereocenters. The summed E-state index contributed by atoms with van der Waals surface area (Å²) in [5, 5.41) is 13.6. The van der Waals surface area contributed by atoms with Crippen molar-refractivity contribution in [3.8, 4) is 0 Å². The Balaban J connectivity index is 1.96. The molecule has 0 aliphatic carbocycles. The van der Waals surface area contributed by atoms with Gasteiger partial charge in [-0.3, -0.25) is 14.9 Å². The Bertz CT molecular complexity index is 1110. The highest BCUT2D eigenvalue weighted by Crippen LogP contribution is 2.41. The molecule has 31 heavy (non-hydrogen) atoms. The van der Waals surface area contributed by atoms with Gasteiger partial charge in [-0.05, 0) is 42.2 Å². The fourth-order valence-corrected chi connectivity index (χ4v) is 3.52. The average molecular weight is 428 g/mol. The van der Waals surface area contributed by atoms with E-state index < -0.39 is 22.9 Å². The van der Waals surface area contributed by atoms with E-state index in [2.05, 4.69) is 5.32 Å². The standard InChI is InChI=1S/C23H19F3N2O3/c1-14-11-18(20(23(24,25)26)16-7-4-3-5-8-16)12-15(2)21(14)27-22(29)17-9-6-10-19(13-17)28(30)31/h3-13,20H,1-2H3,(H,27,29). The first-order valence-electron chi connectivity index (χ1n) is 9.36. The highest BCUT2D eigenvalue weighted by Gasteiger charge is 2.42. The van der Waals surface area contributed by atoms with Gasteiger partial charge in [0.2, 0.25) is 0 Å². The van der Waals surface area contributed by atoms with Gasteiger partial charge in [0.1, 0.15) is 5.92 Å². The van der Waals surface area contributed by atoms with Crippen LogP contribution in [0.5, 0.6) is 0 Å². The molecular weight excluding hydrogens is 409 g/mol. The van der Waals surface area contributed by atoms with Gasteiger partial charge in [0.15, 0.2) is 0 Å². The third-order valence-corrected chi connectivity index (χ3v) is 4.91. The minimum atomic E-state index is -4.49. The lowest BCUT2D eigenvalue weighted by molar-refractivity contribution is -0.384. The second-order valence-electron chi connectivity index (χ2n) is 7.18. The Morgan fingerprint density at radius 3 is 2.10 bits per heavy atom. The molecule has 0 saturated heterocycles. The van der Waals surface area contributed by atoms with Gasteiger partial charge in [0.05, 0.1) is 4.92 Å². The van der Waals surface area contributed by atoms with Crippen molar-refractivity contribution in [2.45, 2.75) is 25.9 Å². The van der Waals surface area contributed by atoms with Crippen molar-refractivity contribution in [2.24, 2.45) is 0 Å². The first kappa shape index (κ1) is 22.0. The molecule has 0 aliphatic rings. The topological polar surface area (TPSA) is 72.2 Å². The number of nitro benzene ring substituents is 1. The number of rotatable bonds is 5. The quantitative estimate of drug-likeness (QED) is 0.391. The predicted molar refractivity (Wildman–Crippen MR) is 111 cm³/mol. The molecule has 5 nitrogen and oxygen atoms in total. The number of alkyl halides is 3. The Hall–Kier alpha value is -3.68. The van der Waals surface area contributed by atoms with Crippen LogP contribution in [0.4, 0.5) is 24.5 Å². The van der Waals surface area contributed by atoms with Crippen LogP contribution in [0.2, 0.25) is 0 Å². The molecule has 0 bridgehead atoms. The number of benzene rings is 3. The second kappa shape index (κ2) is 8.59. The highest BCUT2D eigenvalue weighted by molar-refractivity contribution is 6.05. The molecule has 0 radical (unpaired) electrons. The molecule has 3 aromatic carbocycles. The van der Waals surface area contributed by atoms with Crippen molar-refractivity contribution in [3.05, 3.63) is 105 Å². The fourth-order valence-electron chi connectivity index (χ4n) is 3.52. The number of non-ortho nitro benzene ring substituents is 1. The molecule has 1 N–H and O–H groups in total. The number of hydrogen-bond acceptors (Lipinski definition) is 3. The maximum Gasteiger partial charge on any atom is 0.399 e. The van der Waals surface area contributed by atoms with Gasteiger partial charge in [-0.2, -0.15) is 13.2 Å². The number of nitro groups is 1. The Morgan fingerprint density at radius 1 is 0.935 bits per heavy atom. The lowest BCUT2D eigenvalue weighted by atomic mass is 9.88. The number of aryl methyl sites for hydroxylation is 2. The Kier molecular flexibility index (Phi) is 6.10. The monoisotopic (exact) mass is 428 g/mol. The molecule has 0 aliphatic heterocycles. The zero-order valence-corrected chi connectivity index (χ0v) is 16.7. The van der Waals surface area contributed by atoms with Gasteiger partial charge in [0, 0.05) is 23.4 Å². The molecule has 0 aromatic heterocycles. The number of carbonyl (C=O) groups excluding carboxylic acids is 1. The Labute approximate surface area is 176 Å². The van der Waals surface area contributed by atoms with Gasteiger partial charge < -0.3 is 5.32 Å². The van der Waals surface area contributed by atoms with Crippen LogP contribution in [-0.4, -0.2) is 17.0 Å². The van der Waals surface area contributed by atoms with Crippen LogP contribution in [0.3, 0.4) is 0 Å². The van der Waals surface area contributed by atoms with E-state index in [0.717, 1.165) is 6.07 Å². The normalized spacial score (nSPS) is 12.3. The first-order valence-corrected chi connectivity index (χ1v) is 9.36. The molecule has 0 spiro atoms. The maximum atomic E-state index is 13.9. The summed E-state index contributed by atoms with van der Waals surface area (Å²) in [6.07, 6.45) is -4.49. The zero-order chi connectivity index (χ0) is 22.8. The van der Waals surface area contributed by atoms with E-state index in [1.807, 2.05) is 0 Å². The van der Waals surface area contributed by atoms with Gasteiger partial charge >= 0.3 is 6.18 Å². The second-order valence-corrected chi connectivity index (χ2v) is 7.18. The number of carbonyl (C=O) groups is 1. The zero-order valence-electron chi connectivity index (χ0n) is 16.7. The number of nitrogens with one attached hydrogen (secondary N) is 1. The number of halogens is 3. The summed E-state index contributed by atoms with van der Waals surface area (Å²) in [7, 11) is 0. The van der Waals surface area contributed by atoms with E-state index in [4.69, 9.17) is 0 Å². The summed E-state index contributed by atoms with van der Waals surface area (Å²) in [5.41, 5.74) is 1.33. The van der Waals surface area contributed by atoms with Crippen LogP contribution in [-0.2, 0) is 0 Å². The molecule has 160 valence electrons. The van der Waals surface area contributed by atoms with Crippen LogP contribution in [0.15, 0.2) is 66.7 Å². The first-order chi connectivity index (χ1) is 14.6. The largest absolute Gasteiger partial charge is 0.399 e. The third kappa shape index (κ3) is 4.91. The molecule has 1 atom stereocenters. The van der Waals surface area contributed by atoms with E-state index in [0.29, 0.717) is 16.8 Å². The maximum absolute atomic E-state index is 13.9. The Morgan fingerprint density at radius 2 is 1.55 bits per heavy atom. The molecule has 0 heterocycles. The lowest BCUT2D eigenvalue weighted by Gasteiger charge is -2.23. The number of hydrogen-bond donors (Lipinski definition) is 1. The molecule has 0 fully saturated rings. The molecule has 3 rings (SSSR count). The van der Waals surface area contributed by atoms with E-state index in [9.17, 15) is 28.1 Å². The summed E-state index contributed by atoms with van der Waals surface area (Å²) in [5.74, 6) is -2.38. The van der Waals surface area contributed by atoms with Crippen LogP contribution in [0.1, 0.15) is 38.5 Å². The number of amides is 1. The van der Waals surface area contributed by atoms with Crippen LogP contribution in [0.25, 0.3) is 0 Å². The SMILES string of the molecule is Cc1cc(C(c2ccccc2)C(F)(F)F)cc(C)c1NC(=O)c1cccc([N+](=O)[O-])c1. The third-order valence-electron chi connectivity index (χ3n) is 4.91. The van der Waals surface area contributed by atoms with Crippen LogP contribution in [0, 0.1) is 24.0 Å². The lowest BCUT2D eigenvalue weighted by Crippen LogP contribution is -2.22. The van der Waals surface area contributed by atoms with Gasteiger partial charge in [0.25, 0.3) is 11.6 Å². The van der Waals surface area contributed by atoms with Crippen molar-refractivity contribution in [2.75, 3.05) is 5.32 Å². The average Bonchev–Trinajstić information content (AvgIpc) is 2.70.